The fourth-order valence-corrected chi connectivity index (χ4v) is 1.73. The number of H-pyrrole nitrogens is 1. The van der Waals surface area contributed by atoms with E-state index in [0.717, 1.165) is 0 Å². The van der Waals surface area contributed by atoms with E-state index in [1.165, 1.54) is 7.11 Å². The lowest BCUT2D eigenvalue weighted by Gasteiger charge is -2.39. The average molecular weight is 246 g/mol. The van der Waals surface area contributed by atoms with Gasteiger partial charge in [0.15, 0.2) is 12.1 Å². The first-order valence-electron chi connectivity index (χ1n) is 5.08. The van der Waals surface area contributed by atoms with Crippen molar-refractivity contribution in [3.05, 3.63) is 5.82 Å². The highest BCUT2D eigenvalue weighted by molar-refractivity contribution is 4.93. The Labute approximate surface area is 96.4 Å². The van der Waals surface area contributed by atoms with Crippen LogP contribution in [0.25, 0.3) is 0 Å². The smallest absolute Gasteiger partial charge is 0.186 e. The molecule has 0 bridgehead atoms. The second-order valence-electron chi connectivity index (χ2n) is 3.78. The van der Waals surface area contributed by atoms with E-state index in [1.54, 1.807) is 0 Å². The van der Waals surface area contributed by atoms with E-state index in [1.807, 2.05) is 0 Å². The van der Waals surface area contributed by atoms with E-state index in [4.69, 9.17) is 9.47 Å². The summed E-state index contributed by atoms with van der Waals surface area (Å²) in [5.74, 6) is 0.340. The van der Waals surface area contributed by atoms with Crippen molar-refractivity contribution < 1.29 is 24.8 Å². The van der Waals surface area contributed by atoms with Crippen LogP contribution in [0.4, 0.5) is 0 Å². The van der Waals surface area contributed by atoms with Crippen molar-refractivity contribution in [1.29, 1.82) is 0 Å². The van der Waals surface area contributed by atoms with Crippen molar-refractivity contribution in [3.63, 3.8) is 0 Å². The molecule has 17 heavy (non-hydrogen) atoms. The fourth-order valence-electron chi connectivity index (χ4n) is 1.73. The first-order valence-corrected chi connectivity index (χ1v) is 5.08. The predicted molar refractivity (Wildman–Crippen MR) is 51.6 cm³/mol. The lowest BCUT2D eigenvalue weighted by atomic mass is 9.97. The van der Waals surface area contributed by atoms with Gasteiger partial charge < -0.3 is 24.8 Å². The highest BCUT2D eigenvalue weighted by atomic mass is 16.7. The minimum atomic E-state index is -1.34. The van der Waals surface area contributed by atoms with E-state index in [2.05, 4.69) is 20.6 Å². The summed E-state index contributed by atoms with van der Waals surface area (Å²) in [7, 11) is 1.34. The van der Waals surface area contributed by atoms with Crippen LogP contribution in [-0.4, -0.2) is 73.8 Å². The molecule has 1 aromatic rings. The van der Waals surface area contributed by atoms with Crippen LogP contribution in [0.3, 0.4) is 0 Å². The average Bonchev–Trinajstić information content (AvgIpc) is 2.83. The van der Waals surface area contributed by atoms with Crippen molar-refractivity contribution in [2.24, 2.45) is 0 Å². The molecule has 0 saturated carbocycles. The zero-order valence-corrected chi connectivity index (χ0v) is 9.09. The fraction of sp³-hybridized carbons (Fsp3) is 0.875. The zero-order chi connectivity index (χ0) is 12.4. The molecule has 1 saturated heterocycles. The Morgan fingerprint density at radius 2 is 2.06 bits per heavy atom. The van der Waals surface area contributed by atoms with Crippen LogP contribution in [0.15, 0.2) is 0 Å². The van der Waals surface area contributed by atoms with Gasteiger partial charge in [-0.25, -0.2) is 0 Å². The molecule has 9 nitrogen and oxygen atoms in total. The van der Waals surface area contributed by atoms with Crippen molar-refractivity contribution in [2.45, 2.75) is 37.1 Å². The normalized spacial score (nSPS) is 38.2. The van der Waals surface area contributed by atoms with Gasteiger partial charge >= 0.3 is 0 Å². The molecule has 1 fully saturated rings. The first-order chi connectivity index (χ1) is 8.13. The highest BCUT2D eigenvalue weighted by Gasteiger charge is 2.44. The van der Waals surface area contributed by atoms with E-state index in [9.17, 15) is 15.3 Å². The third-order valence-electron chi connectivity index (χ3n) is 2.67. The molecule has 0 aromatic carbocycles. The maximum absolute atomic E-state index is 9.74. The summed E-state index contributed by atoms with van der Waals surface area (Å²) in [4.78, 5) is 0. The number of nitrogens with one attached hydrogen (secondary N) is 1. The van der Waals surface area contributed by atoms with Crippen molar-refractivity contribution in [2.75, 3.05) is 7.11 Å². The first kappa shape index (κ1) is 12.3. The lowest BCUT2D eigenvalue weighted by Crippen LogP contribution is -2.58. The summed E-state index contributed by atoms with van der Waals surface area (Å²) in [6.45, 7) is 0. The minimum absolute atomic E-state index is 0.154. The molecule has 0 radical (unpaired) electrons. The van der Waals surface area contributed by atoms with Crippen LogP contribution < -0.4 is 0 Å². The van der Waals surface area contributed by atoms with Gasteiger partial charge in [-0.15, -0.1) is 10.2 Å². The SMILES string of the molecule is CO[C@H]1O[C@H](Cc2nn[nH]n2)[C@@H](O)[C@H](O)[C@@H]1O. The van der Waals surface area contributed by atoms with Gasteiger partial charge in [-0.3, -0.25) is 0 Å². The summed E-state index contributed by atoms with van der Waals surface area (Å²) < 4.78 is 10.2. The highest BCUT2D eigenvalue weighted by Crippen LogP contribution is 2.23. The van der Waals surface area contributed by atoms with Crippen molar-refractivity contribution in [1.82, 2.24) is 20.6 Å². The third-order valence-corrected chi connectivity index (χ3v) is 2.67. The van der Waals surface area contributed by atoms with Gasteiger partial charge in [0.2, 0.25) is 0 Å². The Morgan fingerprint density at radius 1 is 1.29 bits per heavy atom. The molecule has 96 valence electrons. The molecule has 0 amide bonds. The number of nitrogens with zero attached hydrogens (tertiary/aromatic N) is 3. The monoisotopic (exact) mass is 246 g/mol. The van der Waals surface area contributed by atoms with Crippen LogP contribution in [0, 0.1) is 0 Å². The van der Waals surface area contributed by atoms with Crippen molar-refractivity contribution >= 4 is 0 Å². The minimum Gasteiger partial charge on any atom is -0.388 e. The summed E-state index contributed by atoms with van der Waals surface area (Å²) >= 11 is 0. The van der Waals surface area contributed by atoms with Crippen LogP contribution in [0.5, 0.6) is 0 Å². The van der Waals surface area contributed by atoms with E-state index in [0.29, 0.717) is 5.82 Å². The number of rotatable bonds is 3. The van der Waals surface area contributed by atoms with Gasteiger partial charge in [-0.2, -0.15) is 5.21 Å². The number of aromatic nitrogens is 4. The molecule has 1 aromatic heterocycles. The maximum atomic E-state index is 9.74. The molecule has 1 aliphatic rings. The van der Waals surface area contributed by atoms with E-state index in [-0.39, 0.29) is 6.42 Å². The standard InChI is InChI=1S/C8H14N4O5/c1-16-8-7(15)6(14)5(13)3(17-8)2-4-9-11-12-10-4/h3,5-8,13-15H,2H2,1H3,(H,9,10,11,12)/t3-,5-,6+,7+,8+/m1/s1. The summed E-state index contributed by atoms with van der Waals surface area (Å²) in [6, 6.07) is 0. The van der Waals surface area contributed by atoms with Gasteiger partial charge in [0, 0.05) is 13.5 Å². The Kier molecular flexibility index (Phi) is 3.64. The second-order valence-corrected chi connectivity index (χ2v) is 3.78. The molecular weight excluding hydrogens is 232 g/mol. The zero-order valence-electron chi connectivity index (χ0n) is 9.09. The molecular formula is C8H14N4O5. The molecule has 0 aliphatic carbocycles. The third kappa shape index (κ3) is 2.42. The largest absolute Gasteiger partial charge is 0.388 e. The van der Waals surface area contributed by atoms with Crippen molar-refractivity contribution in [3.8, 4) is 0 Å². The summed E-state index contributed by atoms with van der Waals surface area (Å²) in [5, 5.41) is 42.0. The Bertz CT molecular complexity index is 346. The van der Waals surface area contributed by atoms with Crippen LogP contribution in [0.2, 0.25) is 0 Å². The lowest BCUT2D eigenvalue weighted by molar-refractivity contribution is -0.289. The van der Waals surface area contributed by atoms with Gasteiger partial charge in [-0.05, 0) is 0 Å². The second kappa shape index (κ2) is 5.02. The molecule has 0 spiro atoms. The van der Waals surface area contributed by atoms with E-state index < -0.39 is 30.7 Å². The van der Waals surface area contributed by atoms with Gasteiger partial charge in [-0.1, -0.05) is 5.21 Å². The van der Waals surface area contributed by atoms with Gasteiger partial charge in [0.25, 0.3) is 0 Å². The molecule has 9 heteroatoms. The number of hydrogen-bond acceptors (Lipinski definition) is 8. The Balaban J connectivity index is 2.06. The molecule has 5 atom stereocenters. The number of ether oxygens (including phenoxy) is 2. The molecule has 1 aliphatic heterocycles. The maximum Gasteiger partial charge on any atom is 0.186 e. The van der Waals surface area contributed by atoms with Crippen LogP contribution >= 0.6 is 0 Å². The number of tetrazole rings is 1. The van der Waals surface area contributed by atoms with Crippen LogP contribution in [-0.2, 0) is 15.9 Å². The number of hydrogen-bond donors (Lipinski definition) is 4. The summed E-state index contributed by atoms with van der Waals surface area (Å²) in [6.07, 6.45) is -5.49. The molecule has 2 heterocycles. The number of aliphatic hydroxyl groups is 3. The number of aliphatic hydroxyl groups excluding tert-OH is 3. The predicted octanol–water partition coefficient (Wildman–Crippen LogP) is -2.80. The summed E-state index contributed by atoms with van der Waals surface area (Å²) in [5.41, 5.74) is 0. The topological polar surface area (TPSA) is 134 Å². The van der Waals surface area contributed by atoms with Gasteiger partial charge in [0.1, 0.15) is 18.3 Å². The van der Waals surface area contributed by atoms with Gasteiger partial charge in [0.05, 0.1) is 6.10 Å². The quantitative estimate of drug-likeness (QED) is 0.449. The molecule has 0 unspecified atom stereocenters. The number of aromatic amines is 1. The Hall–Kier alpha value is -1.13. The van der Waals surface area contributed by atoms with Crippen LogP contribution in [0.1, 0.15) is 5.82 Å². The van der Waals surface area contributed by atoms with E-state index >= 15 is 0 Å². The molecule has 4 N–H and O–H groups in total. The Morgan fingerprint density at radius 3 is 2.65 bits per heavy atom. The molecule has 2 rings (SSSR count). The number of methoxy groups -OCH3 is 1.